The zero-order valence-electron chi connectivity index (χ0n) is 22.1. The van der Waals surface area contributed by atoms with Crippen LogP contribution in [0.15, 0.2) is 41.4 Å². The number of thiophene rings is 1. The molecule has 2 amide bonds. The van der Waals surface area contributed by atoms with Crippen LogP contribution in [0.5, 0.6) is 0 Å². The number of benzene rings is 1. The molecule has 1 aromatic heterocycles. The van der Waals surface area contributed by atoms with Crippen LogP contribution in [-0.2, 0) is 16.0 Å². The van der Waals surface area contributed by atoms with Crippen molar-refractivity contribution in [1.82, 2.24) is 10.2 Å². The predicted octanol–water partition coefficient (Wildman–Crippen LogP) is 5.66. The van der Waals surface area contributed by atoms with Crippen molar-refractivity contribution in [2.75, 3.05) is 13.1 Å². The van der Waals surface area contributed by atoms with Gasteiger partial charge in [-0.3, -0.25) is 19.4 Å². The number of aliphatic carboxylic acids is 1. The van der Waals surface area contributed by atoms with Crippen molar-refractivity contribution in [2.24, 2.45) is 16.3 Å². The molecule has 1 aromatic carbocycles. The van der Waals surface area contributed by atoms with E-state index in [1.165, 1.54) is 11.3 Å². The monoisotopic (exact) mass is 545 g/mol. The molecular weight excluding hydrogens is 510 g/mol. The number of carboxylic acid groups (broad SMARTS) is 1. The molecule has 37 heavy (non-hydrogen) atoms. The minimum Gasteiger partial charge on any atom is -0.481 e. The van der Waals surface area contributed by atoms with Crippen LogP contribution in [0.4, 0.5) is 0 Å². The lowest BCUT2D eigenvalue weighted by atomic mass is 9.78. The number of hydrogen-bond donors (Lipinski definition) is 2. The Morgan fingerprint density at radius 3 is 2.43 bits per heavy atom. The second kappa shape index (κ2) is 11.8. The fourth-order valence-electron chi connectivity index (χ4n) is 4.20. The summed E-state index contributed by atoms with van der Waals surface area (Å²) in [6, 6.07) is 10.8. The first kappa shape index (κ1) is 28.9. The first-order chi connectivity index (χ1) is 17.3. The average Bonchev–Trinajstić information content (AvgIpc) is 3.36. The zero-order valence-corrected chi connectivity index (χ0v) is 23.7. The molecule has 2 atom stereocenters. The summed E-state index contributed by atoms with van der Waals surface area (Å²) < 4.78 is 0.624. The molecule has 1 aliphatic heterocycles. The Hall–Kier alpha value is -2.71. The smallest absolute Gasteiger partial charge is 0.305 e. The molecular formula is C28H36ClN3O4S. The summed E-state index contributed by atoms with van der Waals surface area (Å²) in [5, 5.41) is 11.3. The van der Waals surface area contributed by atoms with Gasteiger partial charge in [-0.1, -0.05) is 51.4 Å². The van der Waals surface area contributed by atoms with Crippen molar-refractivity contribution in [2.45, 2.75) is 66.0 Å². The molecule has 2 unspecified atom stereocenters. The van der Waals surface area contributed by atoms with Gasteiger partial charge in [0.2, 0.25) is 0 Å². The lowest BCUT2D eigenvalue weighted by Gasteiger charge is -2.36. The van der Waals surface area contributed by atoms with Gasteiger partial charge in [-0.15, -0.1) is 11.3 Å². The maximum Gasteiger partial charge on any atom is 0.305 e. The van der Waals surface area contributed by atoms with Crippen molar-refractivity contribution >= 4 is 46.4 Å². The third kappa shape index (κ3) is 7.42. The molecule has 2 heterocycles. The standard InChI is InChI=1S/C28H36ClN3O4S/c1-18(27(2,3)4)12-15-28(5)31-24(21-10-11-22(29)37-21)26(36)32(28)17-14-19-6-8-20(9-7-19)25(35)30-16-13-23(33)34/h6-11,18H,12-17H2,1-5H3,(H,30,35)(H,33,34). The molecule has 1 aliphatic rings. The van der Waals surface area contributed by atoms with Crippen molar-refractivity contribution in [3.63, 3.8) is 0 Å². The number of carbonyl (C=O) groups is 3. The summed E-state index contributed by atoms with van der Waals surface area (Å²) in [7, 11) is 0. The largest absolute Gasteiger partial charge is 0.481 e. The van der Waals surface area contributed by atoms with Crippen molar-refractivity contribution in [3.05, 3.63) is 56.7 Å². The normalized spacial score (nSPS) is 18.6. The van der Waals surface area contributed by atoms with Gasteiger partial charge in [-0.2, -0.15) is 0 Å². The molecule has 0 fully saturated rings. The van der Waals surface area contributed by atoms with Gasteiger partial charge in [-0.25, -0.2) is 0 Å². The maximum atomic E-state index is 13.5. The van der Waals surface area contributed by atoms with Crippen molar-refractivity contribution in [3.8, 4) is 0 Å². The van der Waals surface area contributed by atoms with Gasteiger partial charge in [0.15, 0.2) is 0 Å². The Kier molecular flexibility index (Phi) is 9.18. The Morgan fingerprint density at radius 1 is 1.19 bits per heavy atom. The van der Waals surface area contributed by atoms with Crippen LogP contribution < -0.4 is 5.32 Å². The van der Waals surface area contributed by atoms with Crippen LogP contribution >= 0.6 is 22.9 Å². The fraction of sp³-hybridized carbons (Fsp3) is 0.500. The molecule has 3 rings (SSSR count). The number of halogens is 1. The molecule has 9 heteroatoms. The summed E-state index contributed by atoms with van der Waals surface area (Å²) in [5.41, 5.74) is 1.45. The van der Waals surface area contributed by atoms with E-state index in [0.29, 0.717) is 34.5 Å². The van der Waals surface area contributed by atoms with E-state index in [9.17, 15) is 14.4 Å². The van der Waals surface area contributed by atoms with E-state index in [-0.39, 0.29) is 30.2 Å². The molecule has 200 valence electrons. The van der Waals surface area contributed by atoms with E-state index in [2.05, 4.69) is 33.0 Å². The maximum absolute atomic E-state index is 13.5. The van der Waals surface area contributed by atoms with Gasteiger partial charge in [0.1, 0.15) is 11.4 Å². The van der Waals surface area contributed by atoms with E-state index in [1.54, 1.807) is 18.2 Å². The molecule has 0 saturated carbocycles. The highest BCUT2D eigenvalue weighted by Gasteiger charge is 2.44. The number of carbonyl (C=O) groups excluding carboxylic acids is 2. The molecule has 0 bridgehead atoms. The highest BCUT2D eigenvalue weighted by atomic mass is 35.5. The Morgan fingerprint density at radius 2 is 1.86 bits per heavy atom. The lowest BCUT2D eigenvalue weighted by molar-refractivity contribution is -0.136. The van der Waals surface area contributed by atoms with E-state index >= 15 is 0 Å². The third-order valence-electron chi connectivity index (χ3n) is 7.18. The Labute approximate surface area is 227 Å². The number of nitrogens with one attached hydrogen (secondary N) is 1. The van der Waals surface area contributed by atoms with Crippen LogP contribution in [0, 0.1) is 11.3 Å². The minimum absolute atomic E-state index is 0.0805. The molecule has 2 aromatic rings. The summed E-state index contributed by atoms with van der Waals surface area (Å²) in [6.45, 7) is 11.6. The number of rotatable bonds is 11. The van der Waals surface area contributed by atoms with Crippen LogP contribution in [0.3, 0.4) is 0 Å². The number of nitrogens with zero attached hydrogens (tertiary/aromatic N) is 2. The molecule has 0 saturated heterocycles. The van der Waals surface area contributed by atoms with E-state index in [1.807, 2.05) is 30.0 Å². The van der Waals surface area contributed by atoms with Crippen LogP contribution in [-0.4, -0.2) is 52.3 Å². The van der Waals surface area contributed by atoms with Crippen LogP contribution in [0.1, 0.15) is 74.7 Å². The first-order valence-corrected chi connectivity index (χ1v) is 13.8. The SMILES string of the molecule is CC(CCC1(C)N=C(c2ccc(Cl)s2)C(=O)N1CCc1ccc(C(=O)NCCC(=O)O)cc1)C(C)(C)C. The van der Waals surface area contributed by atoms with Crippen LogP contribution in [0.25, 0.3) is 0 Å². The number of amides is 2. The summed E-state index contributed by atoms with van der Waals surface area (Å²) in [6.07, 6.45) is 2.19. The summed E-state index contributed by atoms with van der Waals surface area (Å²) in [4.78, 5) is 44.0. The zero-order chi connectivity index (χ0) is 27.4. The second-order valence-corrected chi connectivity index (χ2v) is 12.6. The topological polar surface area (TPSA) is 99.1 Å². The Balaban J connectivity index is 1.72. The molecule has 2 N–H and O–H groups in total. The number of carboxylic acids is 1. The Bertz CT molecular complexity index is 1170. The molecule has 7 nitrogen and oxygen atoms in total. The quantitative estimate of drug-likeness (QED) is 0.380. The molecule has 0 spiro atoms. The van der Waals surface area contributed by atoms with Gasteiger partial charge >= 0.3 is 5.97 Å². The second-order valence-electron chi connectivity index (χ2n) is 10.9. The fourth-order valence-corrected chi connectivity index (χ4v) is 5.23. The van der Waals surface area contributed by atoms with Gasteiger partial charge < -0.3 is 15.3 Å². The third-order valence-corrected chi connectivity index (χ3v) is 8.42. The lowest BCUT2D eigenvalue weighted by Crippen LogP contribution is -2.46. The average molecular weight is 546 g/mol. The van der Waals surface area contributed by atoms with Gasteiger partial charge in [0.25, 0.3) is 11.8 Å². The first-order valence-electron chi connectivity index (χ1n) is 12.6. The van der Waals surface area contributed by atoms with E-state index in [4.69, 9.17) is 21.7 Å². The highest BCUT2D eigenvalue weighted by molar-refractivity contribution is 7.18. The number of aliphatic imine (C=N–C) groups is 1. The number of hydrogen-bond acceptors (Lipinski definition) is 5. The van der Waals surface area contributed by atoms with Gasteiger partial charge in [0, 0.05) is 18.7 Å². The van der Waals surface area contributed by atoms with Crippen molar-refractivity contribution in [1.29, 1.82) is 0 Å². The predicted molar refractivity (Wildman–Crippen MR) is 149 cm³/mol. The summed E-state index contributed by atoms with van der Waals surface area (Å²) in [5.74, 6) is -0.887. The molecule has 0 aliphatic carbocycles. The van der Waals surface area contributed by atoms with E-state index in [0.717, 1.165) is 23.3 Å². The molecule has 0 radical (unpaired) electrons. The minimum atomic E-state index is -0.957. The van der Waals surface area contributed by atoms with Gasteiger partial charge in [0.05, 0.1) is 15.6 Å². The van der Waals surface area contributed by atoms with Crippen LogP contribution in [0.2, 0.25) is 4.34 Å². The highest BCUT2D eigenvalue weighted by Crippen LogP contribution is 2.37. The van der Waals surface area contributed by atoms with E-state index < -0.39 is 11.6 Å². The van der Waals surface area contributed by atoms with Crippen molar-refractivity contribution < 1.29 is 19.5 Å². The summed E-state index contributed by atoms with van der Waals surface area (Å²) >= 11 is 7.51. The van der Waals surface area contributed by atoms with Gasteiger partial charge in [-0.05, 0) is 67.3 Å².